The van der Waals surface area contributed by atoms with Gasteiger partial charge in [0.05, 0.1) is 37.8 Å². The SMILES string of the molecule is C=CCOc1ccc(C2c3c(oc4cc(C)c(Cl)cc4c3=O)C(=O)N2CCc2ccc(OC)c(OC)c2)cc1OCC. The Morgan fingerprint density at radius 1 is 0.976 bits per heavy atom. The number of benzene rings is 3. The minimum absolute atomic E-state index is 0.0245. The zero-order valence-electron chi connectivity index (χ0n) is 24.0. The summed E-state index contributed by atoms with van der Waals surface area (Å²) in [5.74, 6) is 1.90. The van der Waals surface area contributed by atoms with Crippen LogP contribution < -0.4 is 24.4 Å². The van der Waals surface area contributed by atoms with Crippen molar-refractivity contribution in [2.45, 2.75) is 26.3 Å². The zero-order valence-corrected chi connectivity index (χ0v) is 24.7. The molecule has 218 valence electrons. The number of rotatable bonds is 11. The van der Waals surface area contributed by atoms with Crippen LogP contribution in [0.15, 0.2) is 70.4 Å². The second kappa shape index (κ2) is 12.2. The fourth-order valence-electron chi connectivity index (χ4n) is 5.23. The summed E-state index contributed by atoms with van der Waals surface area (Å²) >= 11 is 6.39. The Labute approximate surface area is 249 Å². The summed E-state index contributed by atoms with van der Waals surface area (Å²) in [6.07, 6.45) is 2.14. The van der Waals surface area contributed by atoms with E-state index in [0.29, 0.717) is 70.7 Å². The van der Waals surface area contributed by atoms with E-state index in [1.54, 1.807) is 43.4 Å². The Kier molecular flexibility index (Phi) is 8.45. The number of amides is 1. The van der Waals surface area contributed by atoms with Gasteiger partial charge in [-0.2, -0.15) is 0 Å². The van der Waals surface area contributed by atoms with Crippen molar-refractivity contribution in [3.8, 4) is 23.0 Å². The molecule has 0 radical (unpaired) electrons. The molecule has 1 amide bonds. The van der Waals surface area contributed by atoms with Crippen LogP contribution in [0.2, 0.25) is 5.02 Å². The minimum Gasteiger partial charge on any atom is -0.493 e. The molecular weight excluding hydrogens is 558 g/mol. The summed E-state index contributed by atoms with van der Waals surface area (Å²) in [5.41, 5.74) is 2.65. The van der Waals surface area contributed by atoms with Gasteiger partial charge in [-0.15, -0.1) is 0 Å². The van der Waals surface area contributed by atoms with Crippen LogP contribution in [-0.2, 0) is 6.42 Å². The number of methoxy groups -OCH3 is 2. The van der Waals surface area contributed by atoms with Crippen LogP contribution in [0.3, 0.4) is 0 Å². The van der Waals surface area contributed by atoms with Gasteiger partial charge in [0, 0.05) is 11.6 Å². The number of fused-ring (bicyclic) bond motifs is 2. The van der Waals surface area contributed by atoms with Crippen LogP contribution in [0.4, 0.5) is 0 Å². The van der Waals surface area contributed by atoms with Gasteiger partial charge in [0.1, 0.15) is 12.2 Å². The third-order valence-electron chi connectivity index (χ3n) is 7.28. The first-order chi connectivity index (χ1) is 20.3. The molecule has 0 spiro atoms. The van der Waals surface area contributed by atoms with E-state index in [4.69, 9.17) is 35.0 Å². The molecule has 0 aliphatic carbocycles. The van der Waals surface area contributed by atoms with E-state index >= 15 is 0 Å². The van der Waals surface area contributed by atoms with Gasteiger partial charge in [-0.05, 0) is 73.4 Å². The Bertz CT molecular complexity index is 1730. The molecule has 3 aromatic carbocycles. The number of nitrogens with zero attached hydrogens (tertiary/aromatic N) is 1. The van der Waals surface area contributed by atoms with Gasteiger partial charge in [-0.25, -0.2) is 0 Å². The lowest BCUT2D eigenvalue weighted by Crippen LogP contribution is -2.31. The van der Waals surface area contributed by atoms with Crippen molar-refractivity contribution >= 4 is 28.5 Å². The van der Waals surface area contributed by atoms with Crippen molar-refractivity contribution in [2.24, 2.45) is 0 Å². The number of aryl methyl sites for hydroxylation is 1. The Morgan fingerprint density at radius 2 is 1.74 bits per heavy atom. The molecule has 0 N–H and O–H groups in total. The first kappa shape index (κ1) is 29.1. The van der Waals surface area contributed by atoms with Gasteiger partial charge in [-0.1, -0.05) is 36.4 Å². The lowest BCUT2D eigenvalue weighted by atomic mass is 9.97. The van der Waals surface area contributed by atoms with Gasteiger partial charge in [-0.3, -0.25) is 9.59 Å². The highest BCUT2D eigenvalue weighted by Crippen LogP contribution is 2.41. The number of ether oxygens (including phenoxy) is 4. The summed E-state index contributed by atoms with van der Waals surface area (Å²) in [6.45, 7) is 8.41. The maximum absolute atomic E-state index is 14.0. The quantitative estimate of drug-likeness (QED) is 0.184. The van der Waals surface area contributed by atoms with Crippen molar-refractivity contribution in [1.29, 1.82) is 0 Å². The van der Waals surface area contributed by atoms with E-state index in [2.05, 4.69) is 6.58 Å². The highest BCUT2D eigenvalue weighted by molar-refractivity contribution is 6.32. The Balaban J connectivity index is 1.63. The van der Waals surface area contributed by atoms with Crippen molar-refractivity contribution in [2.75, 3.05) is 34.0 Å². The van der Waals surface area contributed by atoms with Crippen molar-refractivity contribution in [3.63, 3.8) is 0 Å². The van der Waals surface area contributed by atoms with E-state index in [9.17, 15) is 9.59 Å². The zero-order chi connectivity index (χ0) is 30.0. The van der Waals surface area contributed by atoms with Crippen LogP contribution in [0.25, 0.3) is 11.0 Å². The van der Waals surface area contributed by atoms with Crippen molar-refractivity contribution in [1.82, 2.24) is 4.90 Å². The predicted octanol–water partition coefficient (Wildman–Crippen LogP) is 6.52. The largest absolute Gasteiger partial charge is 0.493 e. The monoisotopic (exact) mass is 589 g/mol. The van der Waals surface area contributed by atoms with Crippen LogP contribution in [0.5, 0.6) is 23.0 Å². The first-order valence-electron chi connectivity index (χ1n) is 13.6. The molecule has 8 nitrogen and oxygen atoms in total. The minimum atomic E-state index is -0.721. The highest BCUT2D eigenvalue weighted by Gasteiger charge is 2.43. The van der Waals surface area contributed by atoms with Gasteiger partial charge >= 0.3 is 0 Å². The van der Waals surface area contributed by atoms with Crippen molar-refractivity contribution < 1.29 is 28.2 Å². The van der Waals surface area contributed by atoms with Gasteiger partial charge in [0.15, 0.2) is 28.4 Å². The lowest BCUT2D eigenvalue weighted by molar-refractivity contribution is 0.0729. The number of carbonyl (C=O) groups excluding carboxylic acids is 1. The van der Waals surface area contributed by atoms with Crippen molar-refractivity contribution in [3.05, 3.63) is 104 Å². The average molecular weight is 590 g/mol. The van der Waals surface area contributed by atoms with E-state index in [1.165, 1.54) is 0 Å². The predicted molar refractivity (Wildman–Crippen MR) is 162 cm³/mol. The smallest absolute Gasteiger partial charge is 0.290 e. The number of hydrogen-bond acceptors (Lipinski definition) is 7. The molecule has 0 saturated heterocycles. The molecule has 9 heteroatoms. The fourth-order valence-corrected chi connectivity index (χ4v) is 5.40. The summed E-state index contributed by atoms with van der Waals surface area (Å²) in [5, 5.41) is 0.767. The van der Waals surface area contributed by atoms with E-state index in [-0.39, 0.29) is 22.7 Å². The van der Waals surface area contributed by atoms with Crippen LogP contribution in [-0.4, -0.2) is 44.8 Å². The molecule has 5 rings (SSSR count). The summed E-state index contributed by atoms with van der Waals surface area (Å²) in [4.78, 5) is 29.6. The maximum atomic E-state index is 14.0. The molecular formula is C33H32ClNO7. The summed E-state index contributed by atoms with van der Waals surface area (Å²) < 4.78 is 28.6. The molecule has 42 heavy (non-hydrogen) atoms. The molecule has 0 bridgehead atoms. The second-order valence-electron chi connectivity index (χ2n) is 9.85. The first-order valence-corrected chi connectivity index (χ1v) is 14.0. The molecule has 0 fully saturated rings. The van der Waals surface area contributed by atoms with E-state index in [0.717, 1.165) is 11.1 Å². The highest BCUT2D eigenvalue weighted by atomic mass is 35.5. The van der Waals surface area contributed by atoms with E-state index in [1.807, 2.05) is 44.2 Å². The Morgan fingerprint density at radius 3 is 2.45 bits per heavy atom. The summed E-state index contributed by atoms with van der Waals surface area (Å²) in [6, 6.07) is 13.6. The second-order valence-corrected chi connectivity index (χ2v) is 10.3. The average Bonchev–Trinajstić information content (AvgIpc) is 3.27. The molecule has 2 heterocycles. The lowest BCUT2D eigenvalue weighted by Gasteiger charge is -2.26. The van der Waals surface area contributed by atoms with E-state index < -0.39 is 6.04 Å². The molecule has 1 aliphatic heterocycles. The molecule has 1 atom stereocenters. The van der Waals surface area contributed by atoms with Crippen LogP contribution in [0, 0.1) is 6.92 Å². The molecule has 0 saturated carbocycles. The topological polar surface area (TPSA) is 87.4 Å². The third-order valence-corrected chi connectivity index (χ3v) is 7.68. The molecule has 1 unspecified atom stereocenters. The molecule has 4 aromatic rings. The summed E-state index contributed by atoms with van der Waals surface area (Å²) in [7, 11) is 3.15. The Hall–Kier alpha value is -4.43. The molecule has 1 aromatic heterocycles. The fraction of sp³-hybridized carbons (Fsp3) is 0.273. The third kappa shape index (κ3) is 5.30. The number of carbonyl (C=O) groups is 1. The van der Waals surface area contributed by atoms with Gasteiger partial charge in [0.2, 0.25) is 5.76 Å². The van der Waals surface area contributed by atoms with Gasteiger partial charge < -0.3 is 28.3 Å². The number of hydrogen-bond donors (Lipinski definition) is 0. The van der Waals surface area contributed by atoms with Crippen LogP contribution in [0.1, 0.15) is 45.8 Å². The standard InChI is InChI=1S/C33H32ClNO7/c1-6-14-41-25-11-9-21(17-28(25)40-7-2)30-29-31(36)22-18-23(34)19(3)15-26(22)42-32(29)33(37)35(30)13-12-20-8-10-24(38-4)27(16-20)39-5/h6,8-11,15-18,30H,1,7,12-14H2,2-5H3. The number of halogens is 1. The van der Waals surface area contributed by atoms with Crippen LogP contribution >= 0.6 is 11.6 Å². The molecule has 1 aliphatic rings. The van der Waals surface area contributed by atoms with Gasteiger partial charge in [0.25, 0.3) is 5.91 Å². The normalized spacial score (nSPS) is 14.2. The maximum Gasteiger partial charge on any atom is 0.290 e.